The Kier molecular flexibility index (Phi) is 9.94. The van der Waals surface area contributed by atoms with Crippen molar-refractivity contribution in [2.75, 3.05) is 24.1 Å². The Labute approximate surface area is 180 Å². The van der Waals surface area contributed by atoms with E-state index in [0.29, 0.717) is 19.5 Å². The van der Waals surface area contributed by atoms with Crippen LogP contribution in [0.25, 0.3) is 0 Å². The molecule has 28 heavy (non-hydrogen) atoms. The average Bonchev–Trinajstić information content (AvgIpc) is 3.01. The second-order valence-corrected chi connectivity index (χ2v) is 8.56. The number of nitrogens with zero attached hydrogens (tertiary/aromatic N) is 1. The highest BCUT2D eigenvalue weighted by molar-refractivity contribution is 14.1. The van der Waals surface area contributed by atoms with Crippen molar-refractivity contribution >= 4 is 46.2 Å². The van der Waals surface area contributed by atoms with Gasteiger partial charge in [0.2, 0.25) is 11.8 Å². The molecule has 0 aromatic carbocycles. The highest BCUT2D eigenvalue weighted by atomic mass is 127. The molecule has 0 aromatic rings. The molecule has 2 N–H and O–H groups in total. The highest BCUT2D eigenvalue weighted by Crippen LogP contribution is 2.30. The lowest BCUT2D eigenvalue weighted by Crippen LogP contribution is -2.38. The van der Waals surface area contributed by atoms with E-state index < -0.39 is 0 Å². The van der Waals surface area contributed by atoms with Gasteiger partial charge in [0, 0.05) is 48.6 Å². The molecule has 8 heteroatoms. The van der Waals surface area contributed by atoms with Gasteiger partial charge in [0.15, 0.2) is 0 Å². The Morgan fingerprint density at radius 3 is 2.29 bits per heavy atom. The molecule has 2 rings (SSSR count). The van der Waals surface area contributed by atoms with E-state index in [1.807, 2.05) is 0 Å². The normalized spacial score (nSPS) is 21.8. The second-order valence-electron chi connectivity index (χ2n) is 7.48. The number of halogens is 1. The zero-order valence-corrected chi connectivity index (χ0v) is 18.4. The van der Waals surface area contributed by atoms with Gasteiger partial charge in [-0.05, 0) is 44.4 Å². The Hall–Kier alpha value is -1.45. The molecule has 156 valence electrons. The molecule has 0 bridgehead atoms. The third-order valence-corrected chi connectivity index (χ3v) is 5.89. The zero-order valence-electron chi connectivity index (χ0n) is 16.3. The number of hydrogen-bond donors (Lipinski definition) is 2. The summed E-state index contributed by atoms with van der Waals surface area (Å²) in [7, 11) is 0. The summed E-state index contributed by atoms with van der Waals surface area (Å²) in [5, 5.41) is 5.86. The molecule has 1 heterocycles. The van der Waals surface area contributed by atoms with Crippen molar-refractivity contribution < 1.29 is 19.2 Å². The number of imide groups is 1. The molecule has 0 unspecified atom stereocenters. The van der Waals surface area contributed by atoms with E-state index in [1.165, 1.54) is 17.1 Å². The van der Waals surface area contributed by atoms with Gasteiger partial charge >= 0.3 is 0 Å². The van der Waals surface area contributed by atoms with Gasteiger partial charge < -0.3 is 10.6 Å². The fraction of sp³-hybridized carbons (Fsp3) is 0.700. The minimum Gasteiger partial charge on any atom is -0.356 e. The number of amides is 4. The van der Waals surface area contributed by atoms with Crippen LogP contribution in [0.15, 0.2) is 12.2 Å². The summed E-state index contributed by atoms with van der Waals surface area (Å²) in [5.74, 6) is 0.0621. The van der Waals surface area contributed by atoms with Gasteiger partial charge in [-0.1, -0.05) is 29.0 Å². The molecular formula is C20H30IN3O4. The minimum atomic E-state index is -0.229. The Bertz CT molecular complexity index is 582. The van der Waals surface area contributed by atoms with Crippen LogP contribution in [0.1, 0.15) is 51.4 Å². The van der Waals surface area contributed by atoms with E-state index in [9.17, 15) is 19.2 Å². The second kappa shape index (κ2) is 12.2. The standard InChI is InChI=1S/C20H30IN3O4/c21-11-13-22-17(25)4-2-1-3-12-23-20(28)16-7-5-15(6-8-16)14-24-18(26)9-10-19(24)27/h9-10,15-16H,1-8,11-14H2,(H,22,25)(H,23,28). The van der Waals surface area contributed by atoms with E-state index in [1.54, 1.807) is 0 Å². The fourth-order valence-corrected chi connectivity index (χ4v) is 3.96. The summed E-state index contributed by atoms with van der Waals surface area (Å²) in [5.41, 5.74) is 0. The van der Waals surface area contributed by atoms with Crippen LogP contribution in [0, 0.1) is 11.8 Å². The SMILES string of the molecule is O=C(CCCCCNC(=O)C1CCC(CN2C(=O)C=CC2=O)CC1)NCCI. The van der Waals surface area contributed by atoms with Crippen molar-refractivity contribution in [2.24, 2.45) is 11.8 Å². The lowest BCUT2D eigenvalue weighted by Gasteiger charge is -2.30. The van der Waals surface area contributed by atoms with Crippen molar-refractivity contribution in [3.63, 3.8) is 0 Å². The van der Waals surface area contributed by atoms with Crippen LogP contribution >= 0.6 is 22.6 Å². The smallest absolute Gasteiger partial charge is 0.253 e. The van der Waals surface area contributed by atoms with Crippen LogP contribution in [-0.4, -0.2) is 52.6 Å². The minimum absolute atomic E-state index is 0.0263. The fourth-order valence-electron chi connectivity index (χ4n) is 3.69. The monoisotopic (exact) mass is 503 g/mol. The van der Waals surface area contributed by atoms with Crippen molar-refractivity contribution in [2.45, 2.75) is 51.4 Å². The molecule has 7 nitrogen and oxygen atoms in total. The first-order valence-electron chi connectivity index (χ1n) is 10.1. The summed E-state index contributed by atoms with van der Waals surface area (Å²) >= 11 is 2.23. The average molecular weight is 503 g/mol. The molecule has 0 radical (unpaired) electrons. The largest absolute Gasteiger partial charge is 0.356 e. The molecule has 2 aliphatic rings. The third kappa shape index (κ3) is 7.52. The van der Waals surface area contributed by atoms with Gasteiger partial charge in [-0.15, -0.1) is 0 Å². The quantitative estimate of drug-likeness (QED) is 0.195. The zero-order chi connectivity index (χ0) is 20.4. The maximum atomic E-state index is 12.3. The molecule has 0 spiro atoms. The van der Waals surface area contributed by atoms with Crippen LogP contribution in [-0.2, 0) is 19.2 Å². The van der Waals surface area contributed by atoms with E-state index >= 15 is 0 Å². The van der Waals surface area contributed by atoms with Crippen LogP contribution in [0.4, 0.5) is 0 Å². The molecular weight excluding hydrogens is 473 g/mol. The Morgan fingerprint density at radius 2 is 1.64 bits per heavy atom. The maximum absolute atomic E-state index is 12.3. The van der Waals surface area contributed by atoms with Crippen molar-refractivity contribution in [1.29, 1.82) is 0 Å². The number of carbonyl (C=O) groups is 4. The summed E-state index contributed by atoms with van der Waals surface area (Å²) in [6.45, 7) is 1.83. The first kappa shape index (κ1) is 22.8. The first-order valence-corrected chi connectivity index (χ1v) is 11.7. The maximum Gasteiger partial charge on any atom is 0.253 e. The van der Waals surface area contributed by atoms with E-state index in [2.05, 4.69) is 33.2 Å². The van der Waals surface area contributed by atoms with Gasteiger partial charge in [-0.3, -0.25) is 24.1 Å². The summed E-state index contributed by atoms with van der Waals surface area (Å²) in [6.07, 6.45) is 9.17. The number of rotatable bonds is 11. The van der Waals surface area contributed by atoms with Crippen LogP contribution in [0.5, 0.6) is 0 Å². The van der Waals surface area contributed by atoms with Gasteiger partial charge in [0.25, 0.3) is 11.8 Å². The Balaban J connectivity index is 1.53. The van der Waals surface area contributed by atoms with Crippen LogP contribution in [0.2, 0.25) is 0 Å². The van der Waals surface area contributed by atoms with Crippen molar-refractivity contribution in [3.8, 4) is 0 Å². The first-order chi connectivity index (χ1) is 13.5. The molecule has 1 aliphatic carbocycles. The van der Waals surface area contributed by atoms with Gasteiger partial charge in [0.1, 0.15) is 0 Å². The summed E-state index contributed by atoms with van der Waals surface area (Å²) in [6, 6.07) is 0. The summed E-state index contributed by atoms with van der Waals surface area (Å²) in [4.78, 5) is 48.4. The predicted octanol–water partition coefficient (Wildman–Crippen LogP) is 1.95. The van der Waals surface area contributed by atoms with E-state index in [4.69, 9.17) is 0 Å². The van der Waals surface area contributed by atoms with Crippen molar-refractivity contribution in [1.82, 2.24) is 15.5 Å². The molecule has 1 saturated carbocycles. The number of hydrogen-bond acceptors (Lipinski definition) is 4. The van der Waals surface area contributed by atoms with Gasteiger partial charge in [-0.2, -0.15) is 0 Å². The molecule has 1 aliphatic heterocycles. The van der Waals surface area contributed by atoms with E-state index in [-0.39, 0.29) is 35.5 Å². The van der Waals surface area contributed by atoms with Crippen molar-refractivity contribution in [3.05, 3.63) is 12.2 Å². The molecule has 1 fully saturated rings. The lowest BCUT2D eigenvalue weighted by atomic mass is 9.81. The van der Waals surface area contributed by atoms with Gasteiger partial charge in [-0.25, -0.2) is 0 Å². The Morgan fingerprint density at radius 1 is 0.964 bits per heavy atom. The molecule has 0 aromatic heterocycles. The summed E-state index contributed by atoms with van der Waals surface area (Å²) < 4.78 is 0.920. The highest BCUT2D eigenvalue weighted by Gasteiger charge is 2.31. The number of carbonyl (C=O) groups excluding carboxylic acids is 4. The number of nitrogens with one attached hydrogen (secondary N) is 2. The molecule has 0 atom stereocenters. The third-order valence-electron chi connectivity index (χ3n) is 5.36. The predicted molar refractivity (Wildman–Crippen MR) is 115 cm³/mol. The molecule has 4 amide bonds. The lowest BCUT2D eigenvalue weighted by molar-refractivity contribution is -0.138. The van der Waals surface area contributed by atoms with Crippen LogP contribution in [0.3, 0.4) is 0 Å². The van der Waals surface area contributed by atoms with Gasteiger partial charge in [0.05, 0.1) is 0 Å². The van der Waals surface area contributed by atoms with E-state index in [0.717, 1.165) is 55.9 Å². The number of unbranched alkanes of at least 4 members (excludes halogenated alkanes) is 2. The number of alkyl halides is 1. The topological polar surface area (TPSA) is 95.6 Å². The van der Waals surface area contributed by atoms with Crippen LogP contribution < -0.4 is 10.6 Å². The molecule has 0 saturated heterocycles.